The van der Waals surface area contributed by atoms with Gasteiger partial charge in [0.2, 0.25) is 5.95 Å². The summed E-state index contributed by atoms with van der Waals surface area (Å²) in [5.41, 5.74) is 15.9. The van der Waals surface area contributed by atoms with Crippen molar-refractivity contribution in [3.63, 3.8) is 0 Å². The summed E-state index contributed by atoms with van der Waals surface area (Å²) in [7, 11) is 0. The quantitative estimate of drug-likeness (QED) is 0.131. The Kier molecular flexibility index (Phi) is 10.4. The van der Waals surface area contributed by atoms with Gasteiger partial charge in [-0.1, -0.05) is 171 Å². The van der Waals surface area contributed by atoms with Crippen LogP contribution in [0.1, 0.15) is 112 Å². The number of rotatable bonds is 11. The number of imidazole rings is 2. The molecule has 300 valence electrons. The van der Waals surface area contributed by atoms with Gasteiger partial charge in [0.05, 0.1) is 34.3 Å². The molecule has 0 N–H and O–H groups in total. The lowest BCUT2D eigenvalue weighted by molar-refractivity contribution is 0.796. The van der Waals surface area contributed by atoms with Crippen molar-refractivity contribution < 1.29 is 0 Å². The van der Waals surface area contributed by atoms with Crippen molar-refractivity contribution in [3.8, 4) is 40.0 Å². The van der Waals surface area contributed by atoms with E-state index in [0.717, 1.165) is 46.0 Å². The van der Waals surface area contributed by atoms with Crippen LogP contribution in [0.4, 0.5) is 0 Å². The van der Waals surface area contributed by atoms with E-state index in [9.17, 15) is 0 Å². The molecule has 3 heterocycles. The molecule has 0 saturated heterocycles. The lowest BCUT2D eigenvalue weighted by Crippen LogP contribution is -2.11. The first-order valence-electron chi connectivity index (χ1n) is 21.6. The van der Waals surface area contributed by atoms with Gasteiger partial charge < -0.3 is 0 Å². The molecule has 0 aliphatic rings. The van der Waals surface area contributed by atoms with E-state index < -0.39 is 0 Å². The van der Waals surface area contributed by atoms with Crippen LogP contribution in [0, 0.1) is 0 Å². The van der Waals surface area contributed by atoms with E-state index in [1.807, 2.05) is 6.20 Å². The van der Waals surface area contributed by atoms with Gasteiger partial charge in [0.1, 0.15) is 5.82 Å². The molecule has 0 aliphatic heterocycles. The monoisotopic (exact) mass is 785 g/mol. The van der Waals surface area contributed by atoms with Crippen LogP contribution in [0.2, 0.25) is 0 Å². The SMILES string of the molecule is CC(C)c1cccc(C(C)C)c1-n1ccnc1-n1c2ccccc2c2ccc(Cc3cccc(-c4ncc(-c5ccccc5)n4-c4c(C(C)C)cccc4C(C)C)c3)cc21. The third kappa shape index (κ3) is 6.86. The first kappa shape index (κ1) is 39.0. The summed E-state index contributed by atoms with van der Waals surface area (Å²) in [6, 6.07) is 48.9. The van der Waals surface area contributed by atoms with Gasteiger partial charge in [-0.05, 0) is 81.7 Å². The van der Waals surface area contributed by atoms with Gasteiger partial charge in [-0.15, -0.1) is 0 Å². The molecule has 0 spiro atoms. The Morgan fingerprint density at radius 2 is 1.03 bits per heavy atom. The summed E-state index contributed by atoms with van der Waals surface area (Å²) < 4.78 is 7.11. The van der Waals surface area contributed by atoms with Crippen molar-refractivity contribution in [1.29, 1.82) is 0 Å². The summed E-state index contributed by atoms with van der Waals surface area (Å²) in [5.74, 6) is 3.26. The Balaban J connectivity index is 1.17. The minimum atomic E-state index is 0.342. The molecule has 9 rings (SSSR count). The minimum Gasteiger partial charge on any atom is -0.292 e. The standard InChI is InChI=1S/C55H55N5/c1-35(2)43-22-15-23-44(36(3)4)52(43)58-30-29-56-55(58)59-49-26-13-12-21-47(49)48-28-27-40(33-50(48)59)31-39-17-14-20-42(32-39)54-57-34-51(41-18-10-9-11-19-41)60(54)53-45(37(5)6)24-16-25-46(53)38(7)8/h9-30,32-38H,31H2,1-8H3. The van der Waals surface area contributed by atoms with Crippen LogP contribution in [0.15, 0.2) is 152 Å². The fourth-order valence-corrected chi connectivity index (χ4v) is 9.19. The Bertz CT molecular complexity index is 2920. The van der Waals surface area contributed by atoms with Gasteiger partial charge in [0.15, 0.2) is 0 Å². The van der Waals surface area contributed by atoms with Crippen LogP contribution in [-0.4, -0.2) is 23.7 Å². The molecule has 0 fully saturated rings. The molecule has 60 heavy (non-hydrogen) atoms. The van der Waals surface area contributed by atoms with Crippen molar-refractivity contribution in [2.75, 3.05) is 0 Å². The van der Waals surface area contributed by atoms with Gasteiger partial charge in [0.25, 0.3) is 0 Å². The summed E-state index contributed by atoms with van der Waals surface area (Å²) in [4.78, 5) is 10.3. The first-order valence-corrected chi connectivity index (χ1v) is 21.6. The van der Waals surface area contributed by atoms with E-state index in [1.54, 1.807) is 0 Å². The molecule has 0 unspecified atom stereocenters. The van der Waals surface area contributed by atoms with Crippen molar-refractivity contribution in [3.05, 3.63) is 185 Å². The van der Waals surface area contributed by atoms with Crippen LogP contribution in [0.5, 0.6) is 0 Å². The van der Waals surface area contributed by atoms with Crippen LogP contribution in [0.3, 0.4) is 0 Å². The zero-order valence-corrected chi connectivity index (χ0v) is 36.2. The van der Waals surface area contributed by atoms with Gasteiger partial charge in [-0.2, -0.15) is 0 Å². The highest BCUT2D eigenvalue weighted by Gasteiger charge is 2.24. The Labute approximate surface area is 355 Å². The largest absolute Gasteiger partial charge is 0.292 e. The molecule has 5 heteroatoms. The molecule has 0 bridgehead atoms. The number of benzene rings is 6. The zero-order valence-electron chi connectivity index (χ0n) is 36.2. The van der Waals surface area contributed by atoms with E-state index in [1.165, 1.54) is 55.5 Å². The summed E-state index contributed by atoms with van der Waals surface area (Å²) >= 11 is 0. The van der Waals surface area contributed by atoms with Gasteiger partial charge in [-0.25, -0.2) is 9.97 Å². The van der Waals surface area contributed by atoms with Crippen LogP contribution < -0.4 is 0 Å². The second-order valence-corrected chi connectivity index (χ2v) is 17.5. The maximum Gasteiger partial charge on any atom is 0.219 e. The van der Waals surface area contributed by atoms with E-state index in [4.69, 9.17) is 9.97 Å². The van der Waals surface area contributed by atoms with E-state index in [0.29, 0.717) is 23.7 Å². The van der Waals surface area contributed by atoms with Crippen LogP contribution in [-0.2, 0) is 6.42 Å². The molecule has 6 aromatic carbocycles. The average molecular weight is 786 g/mol. The topological polar surface area (TPSA) is 40.6 Å². The van der Waals surface area contributed by atoms with Gasteiger partial charge in [0, 0.05) is 34.3 Å². The van der Waals surface area contributed by atoms with Crippen molar-refractivity contribution in [2.24, 2.45) is 0 Å². The Morgan fingerprint density at radius 1 is 0.467 bits per heavy atom. The normalized spacial score (nSPS) is 12.0. The molecule has 0 radical (unpaired) electrons. The predicted octanol–water partition coefficient (Wildman–Crippen LogP) is 14.6. The lowest BCUT2D eigenvalue weighted by Gasteiger charge is -2.24. The second kappa shape index (κ2) is 16.0. The fourth-order valence-electron chi connectivity index (χ4n) is 9.19. The molecule has 0 aliphatic carbocycles. The number of hydrogen-bond acceptors (Lipinski definition) is 2. The van der Waals surface area contributed by atoms with E-state index in [-0.39, 0.29) is 0 Å². The van der Waals surface area contributed by atoms with Crippen LogP contribution >= 0.6 is 0 Å². The third-order valence-electron chi connectivity index (χ3n) is 12.1. The van der Waals surface area contributed by atoms with Crippen molar-refractivity contribution in [1.82, 2.24) is 23.7 Å². The fraction of sp³-hybridized carbons (Fsp3) is 0.236. The molecule has 0 amide bonds. The number of nitrogens with zero attached hydrogens (tertiary/aromatic N) is 5. The third-order valence-corrected chi connectivity index (χ3v) is 12.1. The summed E-state index contributed by atoms with van der Waals surface area (Å²) in [6.45, 7) is 18.3. The van der Waals surface area contributed by atoms with E-state index in [2.05, 4.69) is 215 Å². The van der Waals surface area contributed by atoms with E-state index >= 15 is 0 Å². The maximum atomic E-state index is 5.21. The molecule has 9 aromatic rings. The number of hydrogen-bond donors (Lipinski definition) is 0. The maximum absolute atomic E-state index is 5.21. The zero-order chi connectivity index (χ0) is 41.7. The smallest absolute Gasteiger partial charge is 0.219 e. The molecule has 0 atom stereocenters. The summed E-state index contributed by atoms with van der Waals surface area (Å²) in [6.07, 6.45) is 6.91. The molecular weight excluding hydrogens is 731 g/mol. The Morgan fingerprint density at radius 3 is 1.70 bits per heavy atom. The molecule has 0 saturated carbocycles. The summed E-state index contributed by atoms with van der Waals surface area (Å²) in [5, 5.41) is 2.44. The first-order chi connectivity index (χ1) is 29.1. The van der Waals surface area contributed by atoms with Gasteiger partial charge in [-0.3, -0.25) is 13.7 Å². The predicted molar refractivity (Wildman–Crippen MR) is 252 cm³/mol. The highest BCUT2D eigenvalue weighted by Crippen LogP contribution is 2.40. The van der Waals surface area contributed by atoms with Crippen molar-refractivity contribution in [2.45, 2.75) is 85.5 Å². The number of fused-ring (bicyclic) bond motifs is 3. The average Bonchev–Trinajstić information content (AvgIpc) is 3.99. The number of aromatic nitrogens is 5. The molecule has 5 nitrogen and oxygen atoms in total. The molecule has 3 aromatic heterocycles. The number of para-hydroxylation sites is 3. The highest BCUT2D eigenvalue weighted by molar-refractivity contribution is 6.09. The van der Waals surface area contributed by atoms with Crippen molar-refractivity contribution >= 4 is 21.8 Å². The Hall–Kier alpha value is -6.46. The highest BCUT2D eigenvalue weighted by atomic mass is 15.2. The second-order valence-electron chi connectivity index (χ2n) is 17.5. The minimum absolute atomic E-state index is 0.342. The van der Waals surface area contributed by atoms with Crippen LogP contribution in [0.25, 0.3) is 61.8 Å². The van der Waals surface area contributed by atoms with Gasteiger partial charge >= 0.3 is 0 Å². The molecular formula is C55H55N5. The lowest BCUT2D eigenvalue weighted by atomic mass is 9.92.